The van der Waals surface area contributed by atoms with Gasteiger partial charge in [-0.25, -0.2) is 17.9 Å². The third kappa shape index (κ3) is 3.27. The van der Waals surface area contributed by atoms with E-state index in [9.17, 15) is 13.2 Å². The number of urea groups is 1. The standard InChI is InChI=1S/C14H14N4O3S/c1-10-3-5-12(6-4-10)22(20,21)17-14(19)16-13-11(9-15)7-8-18(13)2/h3-8H,1-2H3,(H2,16,17,19). The Kier molecular flexibility index (Phi) is 4.19. The third-order valence-corrected chi connectivity index (χ3v) is 4.33. The smallest absolute Gasteiger partial charge is 0.334 e. The van der Waals surface area contributed by atoms with Crippen LogP contribution >= 0.6 is 0 Å². The topological polar surface area (TPSA) is 104 Å². The van der Waals surface area contributed by atoms with Crippen molar-refractivity contribution in [3.8, 4) is 6.07 Å². The lowest BCUT2D eigenvalue weighted by molar-refractivity contribution is 0.256. The Morgan fingerprint density at radius 2 is 1.86 bits per heavy atom. The second-order valence-electron chi connectivity index (χ2n) is 4.67. The monoisotopic (exact) mass is 318 g/mol. The molecule has 22 heavy (non-hydrogen) atoms. The molecule has 0 atom stereocenters. The number of nitrogens with one attached hydrogen (secondary N) is 2. The van der Waals surface area contributed by atoms with E-state index in [0.717, 1.165) is 5.56 Å². The maximum Gasteiger partial charge on any atom is 0.334 e. The molecule has 0 bridgehead atoms. The van der Waals surface area contributed by atoms with Crippen LogP contribution in [-0.4, -0.2) is 19.0 Å². The molecule has 1 aromatic carbocycles. The number of anilines is 1. The normalized spacial score (nSPS) is 10.8. The number of nitriles is 1. The summed E-state index contributed by atoms with van der Waals surface area (Å²) in [5.74, 6) is 0.221. The molecule has 2 rings (SSSR count). The number of aromatic nitrogens is 1. The minimum atomic E-state index is -3.97. The first-order chi connectivity index (χ1) is 10.3. The molecule has 2 amide bonds. The Bertz CT molecular complexity index is 845. The van der Waals surface area contributed by atoms with Gasteiger partial charge in [0.05, 0.1) is 10.5 Å². The van der Waals surface area contributed by atoms with Gasteiger partial charge in [0.25, 0.3) is 10.0 Å². The van der Waals surface area contributed by atoms with Crippen LogP contribution in [0.15, 0.2) is 41.4 Å². The van der Waals surface area contributed by atoms with E-state index in [1.165, 1.54) is 22.8 Å². The molecule has 7 nitrogen and oxygen atoms in total. The second kappa shape index (κ2) is 5.91. The maximum atomic E-state index is 12.1. The predicted molar refractivity (Wildman–Crippen MR) is 80.6 cm³/mol. The first-order valence-corrected chi connectivity index (χ1v) is 7.77. The highest BCUT2D eigenvalue weighted by atomic mass is 32.2. The molecule has 0 saturated heterocycles. The van der Waals surface area contributed by atoms with Crippen molar-refractivity contribution in [3.63, 3.8) is 0 Å². The van der Waals surface area contributed by atoms with Crippen molar-refractivity contribution in [1.29, 1.82) is 5.26 Å². The SMILES string of the molecule is Cc1ccc(S(=O)(=O)NC(=O)Nc2c(C#N)ccn2C)cc1. The van der Waals surface area contributed by atoms with Gasteiger partial charge in [0.15, 0.2) is 0 Å². The Morgan fingerprint density at radius 1 is 1.23 bits per heavy atom. The van der Waals surface area contributed by atoms with Crippen LogP contribution in [0.1, 0.15) is 11.1 Å². The summed E-state index contributed by atoms with van der Waals surface area (Å²) < 4.78 is 27.6. The molecule has 0 fully saturated rings. The van der Waals surface area contributed by atoms with Gasteiger partial charge >= 0.3 is 6.03 Å². The van der Waals surface area contributed by atoms with Crippen molar-refractivity contribution < 1.29 is 13.2 Å². The fourth-order valence-electron chi connectivity index (χ4n) is 1.81. The van der Waals surface area contributed by atoms with Crippen LogP contribution in [0.25, 0.3) is 0 Å². The van der Waals surface area contributed by atoms with E-state index in [-0.39, 0.29) is 16.3 Å². The highest BCUT2D eigenvalue weighted by molar-refractivity contribution is 7.90. The van der Waals surface area contributed by atoms with Crippen molar-refractivity contribution >= 4 is 21.9 Å². The summed E-state index contributed by atoms with van der Waals surface area (Å²) in [5, 5.41) is 11.3. The molecule has 114 valence electrons. The van der Waals surface area contributed by atoms with Gasteiger partial charge in [-0.05, 0) is 25.1 Å². The van der Waals surface area contributed by atoms with Crippen molar-refractivity contribution in [3.05, 3.63) is 47.7 Å². The summed E-state index contributed by atoms with van der Waals surface area (Å²) in [5.41, 5.74) is 1.15. The fraction of sp³-hybridized carbons (Fsp3) is 0.143. The summed E-state index contributed by atoms with van der Waals surface area (Å²) >= 11 is 0. The third-order valence-electron chi connectivity index (χ3n) is 2.98. The van der Waals surface area contributed by atoms with Crippen LogP contribution < -0.4 is 10.0 Å². The van der Waals surface area contributed by atoms with Gasteiger partial charge in [-0.2, -0.15) is 5.26 Å². The molecule has 0 radical (unpaired) electrons. The molecular formula is C14H14N4O3S. The molecule has 1 aromatic heterocycles. The molecule has 0 aliphatic rings. The van der Waals surface area contributed by atoms with E-state index in [1.54, 1.807) is 25.4 Å². The van der Waals surface area contributed by atoms with Crippen LogP contribution in [0.5, 0.6) is 0 Å². The summed E-state index contributed by atoms with van der Waals surface area (Å²) in [6, 6.07) is 8.59. The number of sulfonamides is 1. The number of benzene rings is 1. The largest absolute Gasteiger partial charge is 0.336 e. The van der Waals surface area contributed by atoms with Crippen LogP contribution in [0.3, 0.4) is 0 Å². The number of hydrogen-bond donors (Lipinski definition) is 2. The summed E-state index contributed by atoms with van der Waals surface area (Å²) in [4.78, 5) is 11.8. The van der Waals surface area contributed by atoms with Crippen LogP contribution in [0.2, 0.25) is 0 Å². The van der Waals surface area contributed by atoms with E-state index in [1.807, 2.05) is 17.7 Å². The second-order valence-corrected chi connectivity index (χ2v) is 6.36. The molecule has 0 unspecified atom stereocenters. The van der Waals surface area contributed by atoms with E-state index < -0.39 is 16.1 Å². The number of amides is 2. The molecule has 0 spiro atoms. The minimum absolute atomic E-state index is 0.0133. The van der Waals surface area contributed by atoms with Gasteiger partial charge in [0.2, 0.25) is 0 Å². The summed E-state index contributed by atoms with van der Waals surface area (Å²) in [6.45, 7) is 1.83. The zero-order valence-electron chi connectivity index (χ0n) is 12.0. The van der Waals surface area contributed by atoms with Gasteiger partial charge in [0.1, 0.15) is 11.9 Å². The Labute approximate surface area is 128 Å². The van der Waals surface area contributed by atoms with Gasteiger partial charge in [0, 0.05) is 13.2 Å². The highest BCUT2D eigenvalue weighted by Crippen LogP contribution is 2.15. The number of aryl methyl sites for hydroxylation is 2. The van der Waals surface area contributed by atoms with Crippen LogP contribution in [0, 0.1) is 18.3 Å². The molecule has 2 N–H and O–H groups in total. The van der Waals surface area contributed by atoms with Crippen molar-refractivity contribution in [2.75, 3.05) is 5.32 Å². The Morgan fingerprint density at radius 3 is 2.45 bits per heavy atom. The molecule has 1 heterocycles. The van der Waals surface area contributed by atoms with E-state index in [0.29, 0.717) is 0 Å². The number of carbonyl (C=O) groups excluding carboxylic acids is 1. The molecule has 2 aromatic rings. The number of rotatable bonds is 3. The molecule has 0 aliphatic heterocycles. The number of carbonyl (C=O) groups is 1. The quantitative estimate of drug-likeness (QED) is 0.899. The lowest BCUT2D eigenvalue weighted by Gasteiger charge is -2.10. The lowest BCUT2D eigenvalue weighted by Crippen LogP contribution is -2.35. The maximum absolute atomic E-state index is 12.1. The number of hydrogen-bond acceptors (Lipinski definition) is 4. The zero-order chi connectivity index (χ0) is 16.3. The van der Waals surface area contributed by atoms with Crippen molar-refractivity contribution in [2.45, 2.75) is 11.8 Å². The lowest BCUT2D eigenvalue weighted by atomic mass is 10.2. The van der Waals surface area contributed by atoms with E-state index >= 15 is 0 Å². The molecule has 0 saturated carbocycles. The van der Waals surface area contributed by atoms with Crippen LogP contribution in [0.4, 0.5) is 10.6 Å². The molecular weight excluding hydrogens is 304 g/mol. The zero-order valence-corrected chi connectivity index (χ0v) is 12.8. The average molecular weight is 318 g/mol. The van der Waals surface area contributed by atoms with Crippen molar-refractivity contribution in [2.24, 2.45) is 7.05 Å². The van der Waals surface area contributed by atoms with Gasteiger partial charge < -0.3 is 4.57 Å². The van der Waals surface area contributed by atoms with E-state index in [2.05, 4.69) is 5.32 Å². The first-order valence-electron chi connectivity index (χ1n) is 6.29. The fourth-order valence-corrected chi connectivity index (χ4v) is 2.71. The Hall–Kier alpha value is -2.79. The molecule has 0 aliphatic carbocycles. The highest BCUT2D eigenvalue weighted by Gasteiger charge is 2.19. The van der Waals surface area contributed by atoms with Crippen molar-refractivity contribution in [1.82, 2.24) is 9.29 Å². The summed E-state index contributed by atoms with van der Waals surface area (Å²) in [7, 11) is -2.34. The van der Waals surface area contributed by atoms with Gasteiger partial charge in [-0.3, -0.25) is 5.32 Å². The van der Waals surface area contributed by atoms with Gasteiger partial charge in [-0.1, -0.05) is 17.7 Å². The molecule has 8 heteroatoms. The minimum Gasteiger partial charge on any atom is -0.336 e. The van der Waals surface area contributed by atoms with Gasteiger partial charge in [-0.15, -0.1) is 0 Å². The Balaban J connectivity index is 2.16. The van der Waals surface area contributed by atoms with Crippen LogP contribution in [-0.2, 0) is 17.1 Å². The number of nitrogens with zero attached hydrogens (tertiary/aromatic N) is 2. The predicted octanol–water partition coefficient (Wildman–Crippen LogP) is 1.72. The summed E-state index contributed by atoms with van der Waals surface area (Å²) in [6.07, 6.45) is 1.59. The average Bonchev–Trinajstić information content (AvgIpc) is 2.79. The first kappa shape index (κ1) is 15.6. The van der Waals surface area contributed by atoms with E-state index in [4.69, 9.17) is 5.26 Å².